The molecule has 3 rings (SSSR count). The Balaban J connectivity index is 0.00000176. The van der Waals surface area contributed by atoms with Gasteiger partial charge in [0.15, 0.2) is 0 Å². The van der Waals surface area contributed by atoms with E-state index in [0.29, 0.717) is 18.4 Å². The highest BCUT2D eigenvalue weighted by Crippen LogP contribution is 2.21. The monoisotopic (exact) mass is 324 g/mol. The molecule has 1 aromatic carbocycles. The van der Waals surface area contributed by atoms with Crippen molar-refractivity contribution in [1.29, 1.82) is 0 Å². The summed E-state index contributed by atoms with van der Waals surface area (Å²) >= 11 is 0. The van der Waals surface area contributed by atoms with E-state index in [2.05, 4.69) is 17.4 Å². The highest BCUT2D eigenvalue weighted by Gasteiger charge is 2.32. The molecule has 1 amide bonds. The fraction of sp³-hybridized carbons (Fsp3) is 0.588. The van der Waals surface area contributed by atoms with Gasteiger partial charge in [0.1, 0.15) is 0 Å². The number of carbonyl (C=O) groups excluding carboxylic acids is 1. The van der Waals surface area contributed by atoms with Crippen LogP contribution in [-0.2, 0) is 16.1 Å². The van der Waals surface area contributed by atoms with Gasteiger partial charge in [-0.15, -0.1) is 12.4 Å². The lowest BCUT2D eigenvalue weighted by Crippen LogP contribution is -2.35. The lowest BCUT2D eigenvalue weighted by Gasteiger charge is -2.20. The molecule has 2 saturated heterocycles. The average Bonchev–Trinajstić information content (AvgIpc) is 3.19. The molecule has 2 heterocycles. The van der Waals surface area contributed by atoms with Crippen LogP contribution >= 0.6 is 12.4 Å². The molecule has 4 nitrogen and oxygen atoms in total. The Morgan fingerprint density at radius 2 is 2.09 bits per heavy atom. The van der Waals surface area contributed by atoms with E-state index in [1.54, 1.807) is 0 Å². The van der Waals surface area contributed by atoms with Gasteiger partial charge in [0.25, 0.3) is 0 Å². The van der Waals surface area contributed by atoms with E-state index in [-0.39, 0.29) is 18.3 Å². The lowest BCUT2D eigenvalue weighted by molar-refractivity contribution is -0.134. The van der Waals surface area contributed by atoms with Crippen molar-refractivity contribution in [2.24, 2.45) is 11.8 Å². The molecule has 0 aliphatic carbocycles. The number of hydrogen-bond acceptors (Lipinski definition) is 3. The van der Waals surface area contributed by atoms with Crippen LogP contribution in [0.15, 0.2) is 30.3 Å². The SMILES string of the molecule is Cl.O=C(C1CCNC1)N1CCC(COCc2ccccc2)C1. The van der Waals surface area contributed by atoms with E-state index in [0.717, 1.165) is 45.6 Å². The largest absolute Gasteiger partial charge is 0.376 e. The predicted octanol–water partition coefficient (Wildman–Crippen LogP) is 2.08. The van der Waals surface area contributed by atoms with E-state index in [4.69, 9.17) is 4.74 Å². The Morgan fingerprint density at radius 3 is 2.82 bits per heavy atom. The first kappa shape index (κ1) is 17.3. The van der Waals surface area contributed by atoms with Crippen LogP contribution in [-0.4, -0.2) is 43.6 Å². The zero-order chi connectivity index (χ0) is 14.5. The molecule has 2 aliphatic rings. The fourth-order valence-corrected chi connectivity index (χ4v) is 3.21. The van der Waals surface area contributed by atoms with Crippen LogP contribution in [0.2, 0.25) is 0 Å². The number of rotatable bonds is 5. The summed E-state index contributed by atoms with van der Waals surface area (Å²) < 4.78 is 5.81. The van der Waals surface area contributed by atoms with Gasteiger partial charge < -0.3 is 15.0 Å². The number of carbonyl (C=O) groups is 1. The van der Waals surface area contributed by atoms with Gasteiger partial charge >= 0.3 is 0 Å². The molecule has 0 bridgehead atoms. The summed E-state index contributed by atoms with van der Waals surface area (Å²) in [5, 5.41) is 3.27. The fourth-order valence-electron chi connectivity index (χ4n) is 3.21. The first-order valence-corrected chi connectivity index (χ1v) is 7.94. The van der Waals surface area contributed by atoms with Crippen LogP contribution in [0.3, 0.4) is 0 Å². The first-order chi connectivity index (χ1) is 10.3. The average molecular weight is 325 g/mol. The summed E-state index contributed by atoms with van der Waals surface area (Å²) in [6, 6.07) is 10.2. The smallest absolute Gasteiger partial charge is 0.227 e. The van der Waals surface area contributed by atoms with Gasteiger partial charge in [-0.2, -0.15) is 0 Å². The van der Waals surface area contributed by atoms with Crippen molar-refractivity contribution in [3.63, 3.8) is 0 Å². The van der Waals surface area contributed by atoms with Crippen LogP contribution < -0.4 is 5.32 Å². The minimum Gasteiger partial charge on any atom is -0.376 e. The minimum absolute atomic E-state index is 0. The summed E-state index contributed by atoms with van der Waals surface area (Å²) in [6.45, 7) is 5.01. The molecule has 1 aromatic rings. The van der Waals surface area contributed by atoms with Crippen LogP contribution in [0.5, 0.6) is 0 Å². The van der Waals surface area contributed by atoms with Gasteiger partial charge in [-0.05, 0) is 24.9 Å². The number of amides is 1. The molecule has 0 radical (unpaired) electrons. The van der Waals surface area contributed by atoms with Crippen molar-refractivity contribution >= 4 is 18.3 Å². The second kappa shape index (κ2) is 8.51. The molecule has 0 aromatic heterocycles. The summed E-state index contributed by atoms with van der Waals surface area (Å²) in [7, 11) is 0. The van der Waals surface area contributed by atoms with E-state index >= 15 is 0 Å². The number of nitrogens with one attached hydrogen (secondary N) is 1. The highest BCUT2D eigenvalue weighted by molar-refractivity contribution is 5.85. The number of benzene rings is 1. The maximum absolute atomic E-state index is 12.3. The maximum atomic E-state index is 12.3. The number of halogens is 1. The van der Waals surface area contributed by atoms with Gasteiger partial charge in [0, 0.05) is 25.6 Å². The van der Waals surface area contributed by atoms with Crippen molar-refractivity contribution in [3.8, 4) is 0 Å². The van der Waals surface area contributed by atoms with Crippen LogP contribution in [0.4, 0.5) is 0 Å². The number of nitrogens with zero attached hydrogens (tertiary/aromatic N) is 1. The lowest BCUT2D eigenvalue weighted by atomic mass is 10.1. The Morgan fingerprint density at radius 1 is 1.27 bits per heavy atom. The summed E-state index contributed by atoms with van der Waals surface area (Å²) in [4.78, 5) is 14.4. The Hall–Kier alpha value is -1.10. The van der Waals surface area contributed by atoms with Gasteiger partial charge in [0.2, 0.25) is 5.91 Å². The standard InChI is InChI=1S/C17H24N2O2.ClH/c20-17(16-6-8-18-10-16)19-9-7-15(11-19)13-21-12-14-4-2-1-3-5-14;/h1-5,15-16,18H,6-13H2;1H. The second-order valence-corrected chi connectivity index (χ2v) is 6.13. The van der Waals surface area contributed by atoms with E-state index in [1.807, 2.05) is 23.1 Å². The number of likely N-dealkylation sites (tertiary alicyclic amines) is 1. The first-order valence-electron chi connectivity index (χ1n) is 7.94. The molecule has 1 N–H and O–H groups in total. The summed E-state index contributed by atoms with van der Waals surface area (Å²) in [5.41, 5.74) is 1.21. The van der Waals surface area contributed by atoms with Crippen molar-refractivity contribution in [2.45, 2.75) is 19.4 Å². The van der Waals surface area contributed by atoms with Gasteiger partial charge in [-0.3, -0.25) is 4.79 Å². The third-order valence-corrected chi connectivity index (χ3v) is 4.47. The van der Waals surface area contributed by atoms with E-state index in [1.165, 1.54) is 5.56 Å². The van der Waals surface area contributed by atoms with Crippen molar-refractivity contribution in [2.75, 3.05) is 32.8 Å². The third kappa shape index (κ3) is 4.45. The molecule has 2 aliphatic heterocycles. The maximum Gasteiger partial charge on any atom is 0.227 e. The third-order valence-electron chi connectivity index (χ3n) is 4.47. The topological polar surface area (TPSA) is 41.6 Å². The predicted molar refractivity (Wildman–Crippen MR) is 89.0 cm³/mol. The van der Waals surface area contributed by atoms with E-state index < -0.39 is 0 Å². The van der Waals surface area contributed by atoms with Crippen LogP contribution in [0.1, 0.15) is 18.4 Å². The summed E-state index contributed by atoms with van der Waals surface area (Å²) in [5.74, 6) is 1.03. The number of ether oxygens (including phenoxy) is 1. The quantitative estimate of drug-likeness (QED) is 0.901. The number of hydrogen-bond donors (Lipinski definition) is 1. The van der Waals surface area contributed by atoms with Crippen molar-refractivity contribution in [1.82, 2.24) is 10.2 Å². The van der Waals surface area contributed by atoms with Crippen molar-refractivity contribution < 1.29 is 9.53 Å². The molecule has 5 heteroatoms. The second-order valence-electron chi connectivity index (χ2n) is 6.13. The molecule has 0 saturated carbocycles. The molecule has 122 valence electrons. The normalized spacial score (nSPS) is 24.3. The molecule has 2 fully saturated rings. The molecule has 22 heavy (non-hydrogen) atoms. The Bertz CT molecular complexity index is 463. The summed E-state index contributed by atoms with van der Waals surface area (Å²) in [6.07, 6.45) is 2.06. The van der Waals surface area contributed by atoms with Crippen molar-refractivity contribution in [3.05, 3.63) is 35.9 Å². The van der Waals surface area contributed by atoms with Crippen LogP contribution in [0, 0.1) is 11.8 Å². The minimum atomic E-state index is 0. The zero-order valence-electron chi connectivity index (χ0n) is 12.9. The Labute approximate surface area is 138 Å². The van der Waals surface area contributed by atoms with E-state index in [9.17, 15) is 4.79 Å². The Kier molecular flexibility index (Phi) is 6.68. The molecule has 2 atom stereocenters. The molecular weight excluding hydrogens is 300 g/mol. The zero-order valence-corrected chi connectivity index (χ0v) is 13.7. The van der Waals surface area contributed by atoms with Crippen LogP contribution in [0.25, 0.3) is 0 Å². The van der Waals surface area contributed by atoms with Gasteiger partial charge in [-0.1, -0.05) is 30.3 Å². The molecule has 2 unspecified atom stereocenters. The van der Waals surface area contributed by atoms with Gasteiger partial charge in [0.05, 0.1) is 19.1 Å². The van der Waals surface area contributed by atoms with Gasteiger partial charge in [-0.25, -0.2) is 0 Å². The molecule has 0 spiro atoms. The molecular formula is C17H25ClN2O2. The highest BCUT2D eigenvalue weighted by atomic mass is 35.5.